The van der Waals surface area contributed by atoms with E-state index < -0.39 is 10.6 Å². The maximum Gasteiger partial charge on any atom is 0.363 e. The van der Waals surface area contributed by atoms with E-state index in [1.54, 1.807) is 30.3 Å². The lowest BCUT2D eigenvalue weighted by atomic mass is 10.0. The second-order valence-corrected chi connectivity index (χ2v) is 2.82. The number of benzene rings is 1. The third kappa shape index (κ3) is 1.59. The topological polar surface area (TPSA) is 78.4 Å². The van der Waals surface area contributed by atoms with Gasteiger partial charge in [0.1, 0.15) is 0 Å². The smallest absolute Gasteiger partial charge is 0.322 e. The summed E-state index contributed by atoms with van der Waals surface area (Å²) in [6, 6.07) is 8.45. The standard InChI is InChI=1S/C9H12N2O3/c1-14-9(7-10,11(12)13)8-5-3-2-4-6-8/h2-6H,7,10H2,1H3. The molecule has 1 aromatic carbocycles. The zero-order valence-corrected chi connectivity index (χ0v) is 7.84. The van der Waals surface area contributed by atoms with Gasteiger partial charge in [-0.05, 0) is 12.1 Å². The molecule has 14 heavy (non-hydrogen) atoms. The Morgan fingerprint density at radius 3 is 2.43 bits per heavy atom. The summed E-state index contributed by atoms with van der Waals surface area (Å²) < 4.78 is 4.91. The van der Waals surface area contributed by atoms with E-state index in [1.807, 2.05) is 0 Å². The van der Waals surface area contributed by atoms with Crippen molar-refractivity contribution < 1.29 is 9.66 Å². The molecule has 0 spiro atoms. The van der Waals surface area contributed by atoms with E-state index in [-0.39, 0.29) is 6.54 Å². The van der Waals surface area contributed by atoms with Crippen LogP contribution in [0.1, 0.15) is 5.56 Å². The highest BCUT2D eigenvalue weighted by atomic mass is 16.7. The van der Waals surface area contributed by atoms with Crippen LogP contribution >= 0.6 is 0 Å². The summed E-state index contributed by atoms with van der Waals surface area (Å²) in [5.74, 6) is 0. The second-order valence-electron chi connectivity index (χ2n) is 2.82. The van der Waals surface area contributed by atoms with Gasteiger partial charge in [0, 0.05) is 7.11 Å². The fraction of sp³-hybridized carbons (Fsp3) is 0.333. The Hall–Kier alpha value is -1.46. The van der Waals surface area contributed by atoms with Crippen molar-refractivity contribution in [3.05, 3.63) is 46.0 Å². The summed E-state index contributed by atoms with van der Waals surface area (Å²) in [6.07, 6.45) is 0. The van der Waals surface area contributed by atoms with Crippen LogP contribution in [-0.4, -0.2) is 18.6 Å². The first-order valence-electron chi connectivity index (χ1n) is 4.12. The molecule has 0 aliphatic rings. The molecule has 0 bridgehead atoms. The van der Waals surface area contributed by atoms with Crippen LogP contribution in [0.4, 0.5) is 0 Å². The lowest BCUT2D eigenvalue weighted by Gasteiger charge is -2.21. The minimum Gasteiger partial charge on any atom is -0.322 e. The third-order valence-corrected chi connectivity index (χ3v) is 2.13. The summed E-state index contributed by atoms with van der Waals surface area (Å²) in [4.78, 5) is 10.4. The molecular weight excluding hydrogens is 184 g/mol. The number of nitro groups is 1. The molecule has 5 nitrogen and oxygen atoms in total. The number of nitrogens with two attached hydrogens (primary N) is 1. The Morgan fingerprint density at radius 1 is 1.50 bits per heavy atom. The quantitative estimate of drug-likeness (QED) is 0.437. The van der Waals surface area contributed by atoms with Gasteiger partial charge in [-0.1, -0.05) is 18.2 Å². The van der Waals surface area contributed by atoms with Crippen molar-refractivity contribution >= 4 is 0 Å². The van der Waals surface area contributed by atoms with E-state index in [9.17, 15) is 10.1 Å². The number of hydrogen-bond acceptors (Lipinski definition) is 4. The van der Waals surface area contributed by atoms with Gasteiger partial charge in [0.25, 0.3) is 0 Å². The van der Waals surface area contributed by atoms with Crippen molar-refractivity contribution in [2.24, 2.45) is 5.73 Å². The molecule has 1 aromatic rings. The highest BCUT2D eigenvalue weighted by Gasteiger charge is 2.43. The molecule has 1 rings (SSSR count). The number of methoxy groups -OCH3 is 1. The Labute approximate surface area is 81.6 Å². The normalized spacial score (nSPS) is 14.7. The van der Waals surface area contributed by atoms with Gasteiger partial charge in [-0.15, -0.1) is 0 Å². The number of hydrogen-bond donors (Lipinski definition) is 1. The maximum absolute atomic E-state index is 10.9. The summed E-state index contributed by atoms with van der Waals surface area (Å²) in [5.41, 5.74) is 4.21. The summed E-state index contributed by atoms with van der Waals surface area (Å²) >= 11 is 0. The molecule has 0 amide bonds. The first-order chi connectivity index (χ1) is 6.67. The zero-order valence-electron chi connectivity index (χ0n) is 7.84. The van der Waals surface area contributed by atoms with E-state index in [0.29, 0.717) is 5.56 Å². The van der Waals surface area contributed by atoms with E-state index in [2.05, 4.69) is 0 Å². The largest absolute Gasteiger partial charge is 0.363 e. The molecule has 0 aromatic heterocycles. The Balaban J connectivity index is 3.18. The molecule has 5 heteroatoms. The number of ether oxygens (including phenoxy) is 1. The van der Waals surface area contributed by atoms with Gasteiger partial charge in [-0.25, -0.2) is 0 Å². The highest BCUT2D eigenvalue weighted by Crippen LogP contribution is 2.24. The van der Waals surface area contributed by atoms with Crippen LogP contribution in [0.25, 0.3) is 0 Å². The molecule has 0 radical (unpaired) electrons. The van der Waals surface area contributed by atoms with E-state index in [4.69, 9.17) is 10.5 Å². The summed E-state index contributed by atoms with van der Waals surface area (Å²) in [7, 11) is 1.28. The molecule has 1 atom stereocenters. The molecule has 0 saturated heterocycles. The van der Waals surface area contributed by atoms with Gasteiger partial charge in [-0.2, -0.15) is 0 Å². The average Bonchev–Trinajstić information content (AvgIpc) is 2.22. The molecule has 0 aliphatic heterocycles. The Morgan fingerprint density at radius 2 is 2.07 bits per heavy atom. The van der Waals surface area contributed by atoms with Gasteiger partial charge in [0.2, 0.25) is 0 Å². The summed E-state index contributed by atoms with van der Waals surface area (Å²) in [5, 5.41) is 10.9. The molecule has 0 saturated carbocycles. The Kier molecular flexibility index (Phi) is 3.16. The van der Waals surface area contributed by atoms with Crippen LogP contribution < -0.4 is 5.73 Å². The number of rotatable bonds is 4. The second kappa shape index (κ2) is 4.17. The van der Waals surface area contributed by atoms with Gasteiger partial charge in [0.05, 0.1) is 17.0 Å². The van der Waals surface area contributed by atoms with Crippen LogP contribution in [0.5, 0.6) is 0 Å². The van der Waals surface area contributed by atoms with Gasteiger partial charge in [-0.3, -0.25) is 10.1 Å². The minimum atomic E-state index is -1.62. The molecular formula is C9H12N2O3. The fourth-order valence-corrected chi connectivity index (χ4v) is 1.27. The lowest BCUT2D eigenvalue weighted by Crippen LogP contribution is -2.44. The predicted octanol–water partition coefficient (Wildman–Crippen LogP) is 0.721. The minimum absolute atomic E-state index is 0.194. The van der Waals surface area contributed by atoms with Crippen molar-refractivity contribution in [2.75, 3.05) is 13.7 Å². The molecule has 1 unspecified atom stereocenters. The third-order valence-electron chi connectivity index (χ3n) is 2.13. The van der Waals surface area contributed by atoms with Crippen molar-refractivity contribution in [3.8, 4) is 0 Å². The number of nitrogens with zero attached hydrogens (tertiary/aromatic N) is 1. The van der Waals surface area contributed by atoms with Crippen LogP contribution in [0.15, 0.2) is 30.3 Å². The van der Waals surface area contributed by atoms with Crippen molar-refractivity contribution in [3.63, 3.8) is 0 Å². The van der Waals surface area contributed by atoms with Crippen molar-refractivity contribution in [2.45, 2.75) is 5.72 Å². The van der Waals surface area contributed by atoms with Gasteiger partial charge in [0.15, 0.2) is 0 Å². The fourth-order valence-electron chi connectivity index (χ4n) is 1.27. The zero-order chi connectivity index (χ0) is 10.6. The highest BCUT2D eigenvalue weighted by molar-refractivity contribution is 5.20. The van der Waals surface area contributed by atoms with E-state index >= 15 is 0 Å². The van der Waals surface area contributed by atoms with E-state index in [0.717, 1.165) is 0 Å². The monoisotopic (exact) mass is 196 g/mol. The Bertz CT molecular complexity index is 309. The molecule has 76 valence electrons. The van der Waals surface area contributed by atoms with Gasteiger partial charge >= 0.3 is 5.72 Å². The first kappa shape index (κ1) is 10.6. The molecule has 0 aliphatic carbocycles. The lowest BCUT2D eigenvalue weighted by molar-refractivity contribution is -0.635. The predicted molar refractivity (Wildman–Crippen MR) is 51.2 cm³/mol. The van der Waals surface area contributed by atoms with Crippen LogP contribution in [-0.2, 0) is 10.5 Å². The average molecular weight is 196 g/mol. The molecule has 0 heterocycles. The van der Waals surface area contributed by atoms with Crippen molar-refractivity contribution in [1.29, 1.82) is 0 Å². The first-order valence-corrected chi connectivity index (χ1v) is 4.12. The van der Waals surface area contributed by atoms with Crippen molar-refractivity contribution in [1.82, 2.24) is 0 Å². The van der Waals surface area contributed by atoms with Crippen LogP contribution in [0, 0.1) is 10.1 Å². The SMILES string of the molecule is COC(CN)(c1ccccc1)[N+](=O)[O-]. The maximum atomic E-state index is 10.9. The van der Waals surface area contributed by atoms with Crippen LogP contribution in [0.2, 0.25) is 0 Å². The molecule has 0 fully saturated rings. The van der Waals surface area contributed by atoms with Crippen LogP contribution in [0.3, 0.4) is 0 Å². The van der Waals surface area contributed by atoms with Gasteiger partial charge < -0.3 is 10.5 Å². The molecule has 2 N–H and O–H groups in total. The summed E-state index contributed by atoms with van der Waals surface area (Å²) in [6.45, 7) is -0.194. The van der Waals surface area contributed by atoms with E-state index in [1.165, 1.54) is 7.11 Å².